The molecule has 0 bridgehead atoms. The van der Waals surface area contributed by atoms with Gasteiger partial charge < -0.3 is 5.32 Å². The molecule has 0 amide bonds. The molecule has 1 aliphatic heterocycles. The Labute approximate surface area is 145 Å². The number of aromatic nitrogens is 2. The zero-order valence-corrected chi connectivity index (χ0v) is 15.5. The number of piperidine rings is 1. The van der Waals surface area contributed by atoms with Crippen molar-refractivity contribution in [3.8, 4) is 0 Å². The van der Waals surface area contributed by atoms with Crippen LogP contribution in [0.15, 0.2) is 24.3 Å². The number of likely N-dealkylation sites (tertiary alicyclic amines) is 1. The number of benzene rings is 1. The highest BCUT2D eigenvalue weighted by Crippen LogP contribution is 2.20. The number of nitrogens with zero attached hydrogens (tertiary/aromatic N) is 3. The Kier molecular flexibility index (Phi) is 5.36. The van der Waals surface area contributed by atoms with Gasteiger partial charge in [0.2, 0.25) is 0 Å². The Hall–Kier alpha value is -1.65. The fourth-order valence-corrected chi connectivity index (χ4v) is 3.64. The van der Waals surface area contributed by atoms with E-state index in [0.29, 0.717) is 6.04 Å². The third kappa shape index (κ3) is 3.87. The molecular weight excluding hydrogens is 296 g/mol. The van der Waals surface area contributed by atoms with Crippen molar-refractivity contribution >= 4 is 0 Å². The third-order valence-electron chi connectivity index (χ3n) is 5.28. The molecule has 1 aliphatic rings. The summed E-state index contributed by atoms with van der Waals surface area (Å²) in [7, 11) is 2.07. The standard InChI is InChI=1S/C20H30N4/c1-15-7-9-18(10-8-15)12-24-17(3)20(16(2)22-24)14-23-11-5-6-19(13-23)21-4/h7-10,19,21H,5-6,11-14H2,1-4H3. The number of hydrogen-bond acceptors (Lipinski definition) is 3. The van der Waals surface area contributed by atoms with Crippen LogP contribution in [-0.4, -0.2) is 40.9 Å². The molecule has 1 aromatic carbocycles. The van der Waals surface area contributed by atoms with Crippen molar-refractivity contribution < 1.29 is 0 Å². The molecule has 1 fully saturated rings. The summed E-state index contributed by atoms with van der Waals surface area (Å²) in [6.07, 6.45) is 2.57. The molecule has 3 rings (SSSR count). The maximum absolute atomic E-state index is 4.81. The molecule has 0 radical (unpaired) electrons. The zero-order chi connectivity index (χ0) is 17.1. The van der Waals surface area contributed by atoms with Gasteiger partial charge in [-0.05, 0) is 52.8 Å². The van der Waals surface area contributed by atoms with Crippen LogP contribution >= 0.6 is 0 Å². The summed E-state index contributed by atoms with van der Waals surface area (Å²) in [5.41, 5.74) is 6.49. The predicted octanol–water partition coefficient (Wildman–Crippen LogP) is 3.04. The lowest BCUT2D eigenvalue weighted by Gasteiger charge is -2.32. The molecule has 0 aliphatic carbocycles. The lowest BCUT2D eigenvalue weighted by atomic mass is 10.0. The van der Waals surface area contributed by atoms with Crippen molar-refractivity contribution in [1.29, 1.82) is 0 Å². The first-order valence-corrected chi connectivity index (χ1v) is 9.05. The zero-order valence-electron chi connectivity index (χ0n) is 15.5. The van der Waals surface area contributed by atoms with E-state index in [-0.39, 0.29) is 0 Å². The average Bonchev–Trinajstić information content (AvgIpc) is 2.85. The van der Waals surface area contributed by atoms with Crippen LogP contribution in [0.1, 0.15) is 40.9 Å². The van der Waals surface area contributed by atoms with E-state index in [2.05, 4.69) is 67.0 Å². The van der Waals surface area contributed by atoms with Gasteiger partial charge in [-0.3, -0.25) is 9.58 Å². The first-order chi connectivity index (χ1) is 11.6. The van der Waals surface area contributed by atoms with E-state index < -0.39 is 0 Å². The quantitative estimate of drug-likeness (QED) is 0.917. The van der Waals surface area contributed by atoms with Crippen LogP contribution in [0.5, 0.6) is 0 Å². The molecule has 24 heavy (non-hydrogen) atoms. The van der Waals surface area contributed by atoms with Crippen molar-refractivity contribution in [3.63, 3.8) is 0 Å². The third-order valence-corrected chi connectivity index (χ3v) is 5.28. The Bertz CT molecular complexity index is 672. The van der Waals surface area contributed by atoms with Crippen LogP contribution in [0.3, 0.4) is 0 Å². The molecule has 1 saturated heterocycles. The van der Waals surface area contributed by atoms with Gasteiger partial charge in [0.15, 0.2) is 0 Å². The number of rotatable bonds is 5. The van der Waals surface area contributed by atoms with Crippen LogP contribution < -0.4 is 5.32 Å². The second kappa shape index (κ2) is 7.49. The maximum atomic E-state index is 4.81. The predicted molar refractivity (Wildman–Crippen MR) is 99.3 cm³/mol. The Morgan fingerprint density at radius 1 is 1.12 bits per heavy atom. The van der Waals surface area contributed by atoms with Crippen LogP contribution in [0.4, 0.5) is 0 Å². The van der Waals surface area contributed by atoms with E-state index in [0.717, 1.165) is 19.6 Å². The Morgan fingerprint density at radius 3 is 2.58 bits per heavy atom. The van der Waals surface area contributed by atoms with Gasteiger partial charge in [-0.2, -0.15) is 5.10 Å². The van der Waals surface area contributed by atoms with Gasteiger partial charge >= 0.3 is 0 Å². The summed E-state index contributed by atoms with van der Waals surface area (Å²) in [6.45, 7) is 10.7. The Morgan fingerprint density at radius 2 is 1.88 bits per heavy atom. The molecule has 0 saturated carbocycles. The van der Waals surface area contributed by atoms with Gasteiger partial charge in [-0.25, -0.2) is 0 Å². The highest BCUT2D eigenvalue weighted by molar-refractivity contribution is 5.27. The van der Waals surface area contributed by atoms with E-state index in [9.17, 15) is 0 Å². The molecule has 4 heteroatoms. The molecule has 4 nitrogen and oxygen atoms in total. The minimum atomic E-state index is 0.627. The van der Waals surface area contributed by atoms with Crippen molar-refractivity contribution in [3.05, 3.63) is 52.3 Å². The second-order valence-electron chi connectivity index (χ2n) is 7.16. The van der Waals surface area contributed by atoms with Crippen molar-refractivity contribution in [2.75, 3.05) is 20.1 Å². The van der Waals surface area contributed by atoms with Crippen molar-refractivity contribution in [2.24, 2.45) is 0 Å². The molecule has 2 heterocycles. The molecule has 0 spiro atoms. The Balaban J connectivity index is 1.73. The largest absolute Gasteiger partial charge is 0.316 e. The summed E-state index contributed by atoms with van der Waals surface area (Å²) in [5.74, 6) is 0. The van der Waals surface area contributed by atoms with E-state index in [1.54, 1.807) is 0 Å². The summed E-state index contributed by atoms with van der Waals surface area (Å²) in [5, 5.41) is 8.24. The van der Waals surface area contributed by atoms with Crippen molar-refractivity contribution in [1.82, 2.24) is 20.0 Å². The van der Waals surface area contributed by atoms with Gasteiger partial charge in [0.25, 0.3) is 0 Å². The number of likely N-dealkylation sites (N-methyl/N-ethyl adjacent to an activating group) is 1. The first kappa shape index (κ1) is 17.2. The number of aryl methyl sites for hydroxylation is 2. The second-order valence-corrected chi connectivity index (χ2v) is 7.16. The fraction of sp³-hybridized carbons (Fsp3) is 0.550. The normalized spacial score (nSPS) is 18.9. The number of nitrogens with one attached hydrogen (secondary N) is 1. The monoisotopic (exact) mass is 326 g/mol. The molecular formula is C20H30N4. The summed E-state index contributed by atoms with van der Waals surface area (Å²) in [6, 6.07) is 9.38. The highest BCUT2D eigenvalue weighted by atomic mass is 15.3. The topological polar surface area (TPSA) is 33.1 Å². The lowest BCUT2D eigenvalue weighted by Crippen LogP contribution is -2.44. The van der Waals surface area contributed by atoms with Gasteiger partial charge in [0.05, 0.1) is 12.2 Å². The van der Waals surface area contributed by atoms with Gasteiger partial charge in [-0.15, -0.1) is 0 Å². The van der Waals surface area contributed by atoms with Gasteiger partial charge in [0, 0.05) is 30.4 Å². The molecule has 1 N–H and O–H groups in total. The summed E-state index contributed by atoms with van der Waals surface area (Å²) in [4.78, 5) is 2.57. The molecule has 1 atom stereocenters. The lowest BCUT2D eigenvalue weighted by molar-refractivity contribution is 0.187. The SMILES string of the molecule is CNC1CCCN(Cc2c(C)nn(Cc3ccc(C)cc3)c2C)C1. The highest BCUT2D eigenvalue weighted by Gasteiger charge is 2.21. The molecule has 130 valence electrons. The van der Waals surface area contributed by atoms with Gasteiger partial charge in [0.1, 0.15) is 0 Å². The smallest absolute Gasteiger partial charge is 0.0662 e. The average molecular weight is 326 g/mol. The van der Waals surface area contributed by atoms with Crippen molar-refractivity contribution in [2.45, 2.75) is 52.7 Å². The van der Waals surface area contributed by atoms with E-state index in [1.165, 1.54) is 47.5 Å². The van der Waals surface area contributed by atoms with Crippen LogP contribution in [0.25, 0.3) is 0 Å². The summed E-state index contributed by atoms with van der Waals surface area (Å²) < 4.78 is 2.16. The fourth-order valence-electron chi connectivity index (χ4n) is 3.64. The number of hydrogen-bond donors (Lipinski definition) is 1. The summed E-state index contributed by atoms with van der Waals surface area (Å²) >= 11 is 0. The van der Waals surface area contributed by atoms with Crippen LogP contribution in [0.2, 0.25) is 0 Å². The first-order valence-electron chi connectivity index (χ1n) is 9.05. The minimum absolute atomic E-state index is 0.627. The van der Waals surface area contributed by atoms with E-state index in [1.807, 2.05) is 0 Å². The van der Waals surface area contributed by atoms with Crippen LogP contribution in [0, 0.1) is 20.8 Å². The maximum Gasteiger partial charge on any atom is 0.0662 e. The van der Waals surface area contributed by atoms with E-state index >= 15 is 0 Å². The molecule has 1 aromatic heterocycles. The molecule has 1 unspecified atom stereocenters. The van der Waals surface area contributed by atoms with Gasteiger partial charge in [-0.1, -0.05) is 29.8 Å². The molecule has 2 aromatic rings. The van der Waals surface area contributed by atoms with E-state index in [4.69, 9.17) is 5.10 Å². The van der Waals surface area contributed by atoms with Crippen LogP contribution in [-0.2, 0) is 13.1 Å². The minimum Gasteiger partial charge on any atom is -0.316 e.